The molecule has 12 rings (SSSR count). The first-order chi connectivity index (χ1) is 28.3. The molecule has 268 valence electrons. The third-order valence-electron chi connectivity index (χ3n) is 11.4. The number of aromatic nitrogens is 2. The molecule has 8 aromatic carbocycles. The number of para-hydroxylation sites is 3. The first-order valence-corrected chi connectivity index (χ1v) is 19.3. The molecule has 1 aliphatic rings. The van der Waals surface area contributed by atoms with Crippen molar-refractivity contribution in [1.29, 1.82) is 0 Å². The predicted octanol–water partition coefficient (Wildman–Crippen LogP) is 12.3. The number of hydrogen-bond donors (Lipinski definition) is 1. The molecule has 3 aromatic heterocycles. The standard InChI is InChI=1S/C51H33N5O/c1-3-14-32(15-4-1)49-52-50(33-16-5-2-6-17-33)54-51(53-49)34-18-13-19-35(30-34)56-44-31-36(55-42-23-10-7-20-37(42)38-21-8-11-24-43(38)55)26-27-39(44)40-28-29-46-47(48(40)56)41-22-9-12-25-45(41)57-46/h1-31,51H,(H,52,53,54). The van der Waals surface area contributed by atoms with Crippen LogP contribution < -0.4 is 5.32 Å². The van der Waals surface area contributed by atoms with Gasteiger partial charge in [0.25, 0.3) is 0 Å². The molecular weight excluding hydrogens is 699 g/mol. The summed E-state index contributed by atoms with van der Waals surface area (Å²) in [6.07, 6.45) is -0.371. The van der Waals surface area contributed by atoms with Gasteiger partial charge in [-0.25, -0.2) is 9.98 Å². The Morgan fingerprint density at radius 2 is 1.09 bits per heavy atom. The van der Waals surface area contributed by atoms with Gasteiger partial charge in [-0.05, 0) is 60.2 Å². The molecule has 1 atom stereocenters. The Balaban J connectivity index is 1.11. The summed E-state index contributed by atoms with van der Waals surface area (Å²) in [5.41, 5.74) is 11.5. The summed E-state index contributed by atoms with van der Waals surface area (Å²) < 4.78 is 11.3. The van der Waals surface area contributed by atoms with Crippen LogP contribution in [-0.4, -0.2) is 20.8 Å². The fraction of sp³-hybridized carbons (Fsp3) is 0.0196. The van der Waals surface area contributed by atoms with Gasteiger partial charge in [-0.15, -0.1) is 0 Å². The topological polar surface area (TPSA) is 59.8 Å². The Kier molecular flexibility index (Phi) is 6.89. The highest BCUT2D eigenvalue weighted by atomic mass is 16.3. The summed E-state index contributed by atoms with van der Waals surface area (Å²) >= 11 is 0. The number of benzene rings is 8. The van der Waals surface area contributed by atoms with Gasteiger partial charge in [0.2, 0.25) is 0 Å². The van der Waals surface area contributed by atoms with Crippen molar-refractivity contribution in [2.75, 3.05) is 0 Å². The maximum absolute atomic E-state index is 6.49. The number of furan rings is 1. The quantitative estimate of drug-likeness (QED) is 0.192. The van der Waals surface area contributed by atoms with E-state index in [1.807, 2.05) is 42.5 Å². The lowest BCUT2D eigenvalue weighted by atomic mass is 10.1. The number of nitrogens with zero attached hydrogens (tertiary/aromatic N) is 4. The lowest BCUT2D eigenvalue weighted by molar-refractivity contribution is 0.669. The second-order valence-electron chi connectivity index (χ2n) is 14.6. The Morgan fingerprint density at radius 3 is 1.86 bits per heavy atom. The third kappa shape index (κ3) is 4.90. The average molecular weight is 732 g/mol. The molecule has 0 aliphatic carbocycles. The molecule has 0 saturated carbocycles. The highest BCUT2D eigenvalue weighted by molar-refractivity contribution is 6.25. The number of fused-ring (bicyclic) bond motifs is 10. The molecule has 0 spiro atoms. The van der Waals surface area contributed by atoms with Crippen molar-refractivity contribution in [1.82, 2.24) is 14.5 Å². The minimum absolute atomic E-state index is 0.371. The number of aliphatic imine (C=N–C) groups is 2. The fourth-order valence-electron chi connectivity index (χ4n) is 8.82. The summed E-state index contributed by atoms with van der Waals surface area (Å²) in [7, 11) is 0. The van der Waals surface area contributed by atoms with Crippen molar-refractivity contribution < 1.29 is 4.42 Å². The average Bonchev–Trinajstić information content (AvgIpc) is 3.94. The van der Waals surface area contributed by atoms with E-state index in [0.717, 1.165) is 66.9 Å². The third-order valence-corrected chi connectivity index (χ3v) is 11.4. The van der Waals surface area contributed by atoms with E-state index in [1.54, 1.807) is 0 Å². The molecule has 0 bridgehead atoms. The molecule has 1 N–H and O–H groups in total. The van der Waals surface area contributed by atoms with E-state index in [-0.39, 0.29) is 6.17 Å². The van der Waals surface area contributed by atoms with E-state index in [4.69, 9.17) is 14.4 Å². The van der Waals surface area contributed by atoms with Crippen LogP contribution in [0, 0.1) is 0 Å². The molecule has 6 heteroatoms. The van der Waals surface area contributed by atoms with Crippen molar-refractivity contribution in [3.05, 3.63) is 205 Å². The van der Waals surface area contributed by atoms with Crippen LogP contribution in [0.1, 0.15) is 22.9 Å². The minimum Gasteiger partial charge on any atom is -0.456 e. The van der Waals surface area contributed by atoms with E-state index in [1.165, 1.54) is 32.6 Å². The van der Waals surface area contributed by atoms with Gasteiger partial charge in [0.1, 0.15) is 23.2 Å². The predicted molar refractivity (Wildman–Crippen MR) is 234 cm³/mol. The Morgan fingerprint density at radius 1 is 0.456 bits per heavy atom. The van der Waals surface area contributed by atoms with Crippen LogP contribution in [0.3, 0.4) is 0 Å². The maximum atomic E-state index is 6.49. The molecule has 0 fully saturated rings. The van der Waals surface area contributed by atoms with E-state index in [2.05, 4.69) is 160 Å². The van der Waals surface area contributed by atoms with Gasteiger partial charge in [-0.1, -0.05) is 133 Å². The van der Waals surface area contributed by atoms with Crippen LogP contribution in [0.4, 0.5) is 0 Å². The molecule has 0 amide bonds. The van der Waals surface area contributed by atoms with Gasteiger partial charge in [0.05, 0.1) is 27.5 Å². The lowest BCUT2D eigenvalue weighted by Gasteiger charge is -2.24. The Bertz CT molecular complexity index is 3390. The number of hydrogen-bond acceptors (Lipinski definition) is 4. The van der Waals surface area contributed by atoms with Crippen LogP contribution in [0.2, 0.25) is 0 Å². The zero-order chi connectivity index (χ0) is 37.5. The SMILES string of the molecule is c1ccc(C2=NC(c3cccc(-n4c5cc(-n6c7ccccc7c7ccccc76)ccc5c5ccc6oc7ccccc7c6c54)c3)NC(c3ccccc3)=N2)cc1. The molecule has 11 aromatic rings. The van der Waals surface area contributed by atoms with Crippen LogP contribution in [0.5, 0.6) is 0 Å². The van der Waals surface area contributed by atoms with Crippen molar-refractivity contribution in [2.45, 2.75) is 6.17 Å². The van der Waals surface area contributed by atoms with Gasteiger partial charge in [0, 0.05) is 49.4 Å². The summed E-state index contributed by atoms with van der Waals surface area (Å²) in [5.74, 6) is 1.49. The Labute approximate surface area is 327 Å². The van der Waals surface area contributed by atoms with Crippen LogP contribution in [-0.2, 0) is 0 Å². The van der Waals surface area contributed by atoms with E-state index in [0.29, 0.717) is 5.84 Å². The first-order valence-electron chi connectivity index (χ1n) is 19.3. The molecule has 0 radical (unpaired) electrons. The van der Waals surface area contributed by atoms with Crippen molar-refractivity contribution in [3.63, 3.8) is 0 Å². The largest absolute Gasteiger partial charge is 0.456 e. The molecule has 57 heavy (non-hydrogen) atoms. The molecule has 4 heterocycles. The second kappa shape index (κ2) is 12.4. The van der Waals surface area contributed by atoms with Crippen molar-refractivity contribution >= 4 is 77.2 Å². The first kappa shape index (κ1) is 31.6. The van der Waals surface area contributed by atoms with E-state index >= 15 is 0 Å². The lowest BCUT2D eigenvalue weighted by Crippen LogP contribution is -2.33. The summed E-state index contributed by atoms with van der Waals surface area (Å²) in [4.78, 5) is 10.2. The van der Waals surface area contributed by atoms with E-state index in [9.17, 15) is 0 Å². The molecule has 6 nitrogen and oxygen atoms in total. The van der Waals surface area contributed by atoms with Gasteiger partial charge in [-0.2, -0.15) is 0 Å². The smallest absolute Gasteiger partial charge is 0.159 e. The monoisotopic (exact) mass is 731 g/mol. The Hall–Kier alpha value is -7.70. The molecule has 1 unspecified atom stereocenters. The van der Waals surface area contributed by atoms with Gasteiger partial charge in [0.15, 0.2) is 5.84 Å². The fourth-order valence-corrected chi connectivity index (χ4v) is 8.82. The number of nitrogens with one attached hydrogen (secondary N) is 1. The van der Waals surface area contributed by atoms with Crippen LogP contribution >= 0.6 is 0 Å². The zero-order valence-corrected chi connectivity index (χ0v) is 30.7. The highest BCUT2D eigenvalue weighted by Crippen LogP contribution is 2.42. The molecule has 0 saturated heterocycles. The van der Waals surface area contributed by atoms with E-state index < -0.39 is 0 Å². The second-order valence-corrected chi connectivity index (χ2v) is 14.6. The maximum Gasteiger partial charge on any atom is 0.159 e. The summed E-state index contributed by atoms with van der Waals surface area (Å²) in [5, 5.41) is 10.7. The summed E-state index contributed by atoms with van der Waals surface area (Å²) in [6.45, 7) is 0. The van der Waals surface area contributed by atoms with Crippen molar-refractivity contribution in [3.8, 4) is 11.4 Å². The zero-order valence-electron chi connectivity index (χ0n) is 30.7. The van der Waals surface area contributed by atoms with Gasteiger partial charge in [-0.3, -0.25) is 0 Å². The molecular formula is C51H33N5O. The van der Waals surface area contributed by atoms with Crippen molar-refractivity contribution in [2.24, 2.45) is 9.98 Å². The normalized spacial score (nSPS) is 14.5. The van der Waals surface area contributed by atoms with Crippen LogP contribution in [0.25, 0.3) is 76.9 Å². The molecule has 1 aliphatic heterocycles. The number of rotatable bonds is 5. The van der Waals surface area contributed by atoms with Gasteiger partial charge >= 0.3 is 0 Å². The minimum atomic E-state index is -0.371. The number of amidine groups is 2. The highest BCUT2D eigenvalue weighted by Gasteiger charge is 2.24. The van der Waals surface area contributed by atoms with Crippen LogP contribution in [0.15, 0.2) is 202 Å². The summed E-state index contributed by atoms with van der Waals surface area (Å²) in [6, 6.07) is 66.2. The van der Waals surface area contributed by atoms with Gasteiger partial charge < -0.3 is 18.9 Å².